The molecule has 1 aromatic rings. The molecule has 0 radical (unpaired) electrons. The molecule has 1 aliphatic rings. The van der Waals surface area contributed by atoms with Crippen LogP contribution in [0.25, 0.3) is 0 Å². The van der Waals surface area contributed by atoms with Crippen molar-refractivity contribution in [1.29, 1.82) is 0 Å². The molecule has 1 aromatic carbocycles. The summed E-state index contributed by atoms with van der Waals surface area (Å²) in [4.78, 5) is 13.9. The highest BCUT2D eigenvalue weighted by molar-refractivity contribution is 14.1. The summed E-state index contributed by atoms with van der Waals surface area (Å²) >= 11 is 8.40. The molecule has 0 saturated carbocycles. The van der Waals surface area contributed by atoms with E-state index >= 15 is 0 Å². The molecule has 1 atom stereocenters. The Morgan fingerprint density at radius 2 is 2.17 bits per heavy atom. The van der Waals surface area contributed by atoms with Crippen molar-refractivity contribution < 1.29 is 14.3 Å². The van der Waals surface area contributed by atoms with Crippen LogP contribution in [-0.4, -0.2) is 36.3 Å². The van der Waals surface area contributed by atoms with E-state index in [-0.39, 0.29) is 6.09 Å². The number of ether oxygens (including phenoxy) is 2. The highest BCUT2D eigenvalue weighted by Gasteiger charge is 2.28. The minimum absolute atomic E-state index is 0.241. The summed E-state index contributed by atoms with van der Waals surface area (Å²) in [7, 11) is 0. The van der Waals surface area contributed by atoms with Crippen LogP contribution < -0.4 is 4.74 Å². The zero-order valence-corrected chi connectivity index (χ0v) is 16.7. The van der Waals surface area contributed by atoms with Crippen LogP contribution in [0.1, 0.15) is 33.6 Å². The molecule has 1 amide bonds. The van der Waals surface area contributed by atoms with Crippen molar-refractivity contribution in [3.8, 4) is 5.75 Å². The van der Waals surface area contributed by atoms with Gasteiger partial charge in [-0.2, -0.15) is 0 Å². The van der Waals surface area contributed by atoms with Gasteiger partial charge in [-0.1, -0.05) is 11.6 Å². The molecule has 2 rings (SSSR count). The molecule has 1 unspecified atom stereocenters. The second-order valence-electron chi connectivity index (χ2n) is 6.82. The van der Waals surface area contributed by atoms with Gasteiger partial charge in [0.25, 0.3) is 0 Å². The van der Waals surface area contributed by atoms with Gasteiger partial charge in [0, 0.05) is 22.6 Å². The summed E-state index contributed by atoms with van der Waals surface area (Å²) in [5, 5.41) is 0.622. The first-order chi connectivity index (χ1) is 10.7. The lowest BCUT2D eigenvalue weighted by Gasteiger charge is -2.34. The second kappa shape index (κ2) is 7.92. The molecule has 1 heterocycles. The predicted octanol–water partition coefficient (Wildman–Crippen LogP) is 4.97. The Morgan fingerprint density at radius 3 is 2.83 bits per heavy atom. The molecule has 23 heavy (non-hydrogen) atoms. The third kappa shape index (κ3) is 6.03. The summed E-state index contributed by atoms with van der Waals surface area (Å²) in [6.45, 7) is 7.61. The van der Waals surface area contributed by atoms with E-state index in [9.17, 15) is 4.79 Å². The van der Waals surface area contributed by atoms with Gasteiger partial charge in [-0.15, -0.1) is 0 Å². The van der Waals surface area contributed by atoms with E-state index in [0.717, 1.165) is 23.0 Å². The molecule has 0 spiro atoms. The molecule has 0 bridgehead atoms. The standard InChI is InChI=1S/C17H23ClINO3/c1-17(2,3)23-16(21)20-8-4-5-12(10-20)11-22-15-7-6-13(19)9-14(15)18/h6-7,9,12H,4-5,8,10-11H2,1-3H3. The Morgan fingerprint density at radius 1 is 1.43 bits per heavy atom. The van der Waals surface area contributed by atoms with Gasteiger partial charge in [0.15, 0.2) is 0 Å². The van der Waals surface area contributed by atoms with Crippen LogP contribution in [0.3, 0.4) is 0 Å². The number of hydrogen-bond acceptors (Lipinski definition) is 3. The van der Waals surface area contributed by atoms with Gasteiger partial charge >= 0.3 is 6.09 Å². The van der Waals surface area contributed by atoms with E-state index in [0.29, 0.717) is 29.8 Å². The summed E-state index contributed by atoms with van der Waals surface area (Å²) in [6, 6.07) is 5.74. The maximum absolute atomic E-state index is 12.2. The van der Waals surface area contributed by atoms with Gasteiger partial charge in [0.05, 0.1) is 11.6 Å². The van der Waals surface area contributed by atoms with Crippen molar-refractivity contribution >= 4 is 40.3 Å². The zero-order valence-electron chi connectivity index (χ0n) is 13.8. The summed E-state index contributed by atoms with van der Waals surface area (Å²) < 4.78 is 12.4. The third-order valence-corrected chi connectivity index (χ3v) is 4.51. The Hall–Kier alpha value is -0.690. The number of likely N-dealkylation sites (tertiary alicyclic amines) is 1. The summed E-state index contributed by atoms with van der Waals surface area (Å²) in [5.41, 5.74) is -0.463. The van der Waals surface area contributed by atoms with Gasteiger partial charge < -0.3 is 14.4 Å². The molecule has 0 N–H and O–H groups in total. The van der Waals surface area contributed by atoms with E-state index in [4.69, 9.17) is 21.1 Å². The van der Waals surface area contributed by atoms with Gasteiger partial charge in [-0.05, 0) is 74.4 Å². The second-order valence-corrected chi connectivity index (χ2v) is 8.47. The minimum Gasteiger partial charge on any atom is -0.492 e. The van der Waals surface area contributed by atoms with Crippen molar-refractivity contribution in [1.82, 2.24) is 4.90 Å². The van der Waals surface area contributed by atoms with Crippen molar-refractivity contribution in [3.05, 3.63) is 26.8 Å². The topological polar surface area (TPSA) is 38.8 Å². The number of piperidine rings is 1. The minimum atomic E-state index is -0.463. The van der Waals surface area contributed by atoms with E-state index in [1.165, 1.54) is 0 Å². The van der Waals surface area contributed by atoms with Crippen LogP contribution in [-0.2, 0) is 4.74 Å². The monoisotopic (exact) mass is 451 g/mol. The average molecular weight is 452 g/mol. The van der Waals surface area contributed by atoms with Crippen LogP contribution in [0.2, 0.25) is 5.02 Å². The van der Waals surface area contributed by atoms with Crippen LogP contribution in [0.5, 0.6) is 5.75 Å². The van der Waals surface area contributed by atoms with E-state index in [1.54, 1.807) is 4.90 Å². The number of benzene rings is 1. The number of carbonyl (C=O) groups is 1. The normalized spacial score (nSPS) is 18.7. The summed E-state index contributed by atoms with van der Waals surface area (Å²) in [6.07, 6.45) is 1.77. The van der Waals surface area contributed by atoms with Crippen molar-refractivity contribution in [3.63, 3.8) is 0 Å². The fourth-order valence-corrected chi connectivity index (χ4v) is 3.40. The van der Waals surface area contributed by atoms with Crippen LogP contribution in [0, 0.1) is 9.49 Å². The Labute approximate surface area is 156 Å². The van der Waals surface area contributed by atoms with E-state index in [2.05, 4.69) is 22.6 Å². The molecule has 1 saturated heterocycles. The number of rotatable bonds is 3. The number of carbonyl (C=O) groups excluding carboxylic acids is 1. The Kier molecular flexibility index (Phi) is 6.42. The van der Waals surface area contributed by atoms with E-state index < -0.39 is 5.60 Å². The molecule has 0 aromatic heterocycles. The average Bonchev–Trinajstić information content (AvgIpc) is 2.45. The molecule has 4 nitrogen and oxygen atoms in total. The number of nitrogens with zero attached hydrogens (tertiary/aromatic N) is 1. The van der Waals surface area contributed by atoms with Gasteiger partial charge in [-0.25, -0.2) is 4.79 Å². The maximum Gasteiger partial charge on any atom is 0.410 e. The molecule has 1 aliphatic heterocycles. The molecule has 6 heteroatoms. The Balaban J connectivity index is 1.87. The molecule has 1 fully saturated rings. The molecular formula is C17H23ClINO3. The lowest BCUT2D eigenvalue weighted by atomic mass is 9.99. The highest BCUT2D eigenvalue weighted by Crippen LogP contribution is 2.27. The fraction of sp³-hybridized carbons (Fsp3) is 0.588. The highest BCUT2D eigenvalue weighted by atomic mass is 127. The third-order valence-electron chi connectivity index (χ3n) is 3.54. The molecular weight excluding hydrogens is 429 g/mol. The lowest BCUT2D eigenvalue weighted by molar-refractivity contribution is 0.0139. The SMILES string of the molecule is CC(C)(C)OC(=O)N1CCCC(COc2ccc(I)cc2Cl)C1. The largest absolute Gasteiger partial charge is 0.492 e. The lowest BCUT2D eigenvalue weighted by Crippen LogP contribution is -2.44. The van der Waals surface area contributed by atoms with Gasteiger partial charge in [0.1, 0.15) is 11.4 Å². The van der Waals surface area contributed by atoms with Crippen LogP contribution in [0.15, 0.2) is 18.2 Å². The van der Waals surface area contributed by atoms with Crippen molar-refractivity contribution in [2.24, 2.45) is 5.92 Å². The maximum atomic E-state index is 12.2. The van der Waals surface area contributed by atoms with Gasteiger partial charge in [0.2, 0.25) is 0 Å². The smallest absolute Gasteiger partial charge is 0.410 e. The predicted molar refractivity (Wildman–Crippen MR) is 100 cm³/mol. The zero-order chi connectivity index (χ0) is 17.0. The van der Waals surface area contributed by atoms with Crippen LogP contribution in [0.4, 0.5) is 4.79 Å². The number of amides is 1. The first kappa shape index (κ1) is 18.6. The summed E-state index contributed by atoms with van der Waals surface area (Å²) in [5.74, 6) is 0.994. The first-order valence-corrected chi connectivity index (χ1v) is 9.26. The fourth-order valence-electron chi connectivity index (χ4n) is 2.49. The first-order valence-electron chi connectivity index (χ1n) is 7.80. The molecule has 0 aliphatic carbocycles. The van der Waals surface area contributed by atoms with Crippen LogP contribution >= 0.6 is 34.2 Å². The van der Waals surface area contributed by atoms with Crippen molar-refractivity contribution in [2.45, 2.75) is 39.2 Å². The van der Waals surface area contributed by atoms with E-state index in [1.807, 2.05) is 39.0 Å². The quantitative estimate of drug-likeness (QED) is 0.609. The Bertz CT molecular complexity index is 559. The number of halogens is 2. The van der Waals surface area contributed by atoms with Gasteiger partial charge in [-0.3, -0.25) is 0 Å². The number of hydrogen-bond donors (Lipinski definition) is 0. The molecule has 128 valence electrons. The van der Waals surface area contributed by atoms with Crippen molar-refractivity contribution in [2.75, 3.05) is 19.7 Å².